The van der Waals surface area contributed by atoms with Crippen molar-refractivity contribution < 1.29 is 28.3 Å². The predicted octanol–water partition coefficient (Wildman–Crippen LogP) is 4.45. The van der Waals surface area contributed by atoms with Crippen LogP contribution in [0.5, 0.6) is 11.5 Å². The molecule has 1 aliphatic rings. The zero-order valence-electron chi connectivity index (χ0n) is 18.4. The molecule has 2 amide bonds. The van der Waals surface area contributed by atoms with E-state index in [9.17, 15) is 14.4 Å². The van der Waals surface area contributed by atoms with Crippen LogP contribution in [0, 0.1) is 0 Å². The van der Waals surface area contributed by atoms with Gasteiger partial charge in [0.25, 0.3) is 20.1 Å². The minimum Gasteiger partial charge on any atom is -0.541 e. The van der Waals surface area contributed by atoms with E-state index in [1.165, 1.54) is 18.4 Å². The van der Waals surface area contributed by atoms with Gasteiger partial charge >= 0.3 is 5.97 Å². The summed E-state index contributed by atoms with van der Waals surface area (Å²) < 4.78 is 17.4. The molecule has 3 rings (SSSR count). The Morgan fingerprint density at radius 1 is 1.10 bits per heavy atom. The van der Waals surface area contributed by atoms with Gasteiger partial charge in [0.05, 0.1) is 26.2 Å². The molecule has 0 saturated carbocycles. The van der Waals surface area contributed by atoms with Crippen molar-refractivity contribution >= 4 is 47.5 Å². The fraction of sp³-hybridized carbons (Fsp3) is 0.476. The maximum Gasteiger partial charge on any atom is 0.307 e. The number of hydrogen-bond acceptors (Lipinski definition) is 7. The summed E-state index contributed by atoms with van der Waals surface area (Å²) in [6.07, 6.45) is -0.0333. The molecule has 2 heterocycles. The van der Waals surface area contributed by atoms with E-state index >= 15 is 0 Å². The van der Waals surface area contributed by atoms with E-state index in [4.69, 9.17) is 9.16 Å². The fourth-order valence-corrected chi connectivity index (χ4v) is 5.16. The predicted molar refractivity (Wildman–Crippen MR) is 118 cm³/mol. The third-order valence-corrected chi connectivity index (χ3v) is 11.3. The lowest BCUT2D eigenvalue weighted by molar-refractivity contribution is -0.140. The van der Waals surface area contributed by atoms with E-state index in [2.05, 4.69) is 38.6 Å². The van der Waals surface area contributed by atoms with Crippen LogP contribution in [0.25, 0.3) is 10.1 Å². The fourth-order valence-electron chi connectivity index (χ4n) is 2.99. The van der Waals surface area contributed by atoms with Gasteiger partial charge in [-0.05, 0) is 24.2 Å². The number of amides is 2. The van der Waals surface area contributed by atoms with Crippen LogP contribution in [0.1, 0.15) is 47.2 Å². The molecule has 0 radical (unpaired) electrons. The molecule has 0 atom stereocenters. The summed E-state index contributed by atoms with van der Waals surface area (Å²) in [4.78, 5) is 38.7. The molecule has 0 aliphatic carbocycles. The van der Waals surface area contributed by atoms with Crippen molar-refractivity contribution in [1.82, 2.24) is 4.90 Å². The van der Waals surface area contributed by atoms with Crippen molar-refractivity contribution in [2.75, 3.05) is 20.8 Å². The second-order valence-electron chi connectivity index (χ2n) is 8.76. The molecule has 2 aromatic rings. The molecule has 0 spiro atoms. The smallest absolute Gasteiger partial charge is 0.307 e. The Morgan fingerprint density at radius 2 is 1.77 bits per heavy atom. The third kappa shape index (κ3) is 3.71. The van der Waals surface area contributed by atoms with Crippen LogP contribution in [0.2, 0.25) is 18.1 Å². The Morgan fingerprint density at radius 3 is 2.33 bits per heavy atom. The number of carbonyl (C=O) groups is 3. The van der Waals surface area contributed by atoms with Crippen LogP contribution in [0.4, 0.5) is 0 Å². The quantitative estimate of drug-likeness (QED) is 0.368. The first-order valence-electron chi connectivity index (χ1n) is 9.68. The highest BCUT2D eigenvalue weighted by molar-refractivity contribution is 7.21. The van der Waals surface area contributed by atoms with Gasteiger partial charge in [0.15, 0.2) is 5.75 Å². The van der Waals surface area contributed by atoms with Gasteiger partial charge < -0.3 is 13.9 Å². The van der Waals surface area contributed by atoms with Gasteiger partial charge in [-0.25, -0.2) is 0 Å². The lowest BCUT2D eigenvalue weighted by atomic mass is 10.1. The molecule has 1 aliphatic heterocycles. The zero-order valence-corrected chi connectivity index (χ0v) is 20.2. The molecular formula is C21H27NO6SSi. The molecule has 7 nitrogen and oxygen atoms in total. The highest BCUT2D eigenvalue weighted by atomic mass is 32.1. The van der Waals surface area contributed by atoms with Gasteiger partial charge in [0.1, 0.15) is 10.6 Å². The summed E-state index contributed by atoms with van der Waals surface area (Å²) in [5, 5.41) is 0.656. The van der Waals surface area contributed by atoms with Crippen LogP contribution in [-0.2, 0) is 9.53 Å². The molecule has 1 aromatic carbocycles. The number of esters is 1. The lowest BCUT2D eigenvalue weighted by Gasteiger charge is -2.36. The topological polar surface area (TPSA) is 82.1 Å². The van der Waals surface area contributed by atoms with E-state index in [1.807, 2.05) is 6.07 Å². The SMILES string of the molecule is COC(=O)CCN1C(=O)c2sc3cc(OC)c(O[Si](C)(C)C(C)(C)C)cc3c2C1=O. The number of rotatable bonds is 6. The van der Waals surface area contributed by atoms with Crippen LogP contribution >= 0.6 is 11.3 Å². The van der Waals surface area contributed by atoms with Crippen LogP contribution in [0.15, 0.2) is 12.1 Å². The maximum atomic E-state index is 13.0. The number of hydrogen-bond donors (Lipinski definition) is 0. The summed E-state index contributed by atoms with van der Waals surface area (Å²) in [7, 11) is 0.701. The van der Waals surface area contributed by atoms with Crippen molar-refractivity contribution in [1.29, 1.82) is 0 Å². The van der Waals surface area contributed by atoms with Crippen LogP contribution < -0.4 is 9.16 Å². The summed E-state index contributed by atoms with van der Waals surface area (Å²) >= 11 is 1.25. The van der Waals surface area contributed by atoms with E-state index in [0.29, 0.717) is 27.3 Å². The zero-order chi connectivity index (χ0) is 22.4. The second-order valence-corrected chi connectivity index (χ2v) is 14.5. The first-order chi connectivity index (χ1) is 13.9. The molecule has 0 bridgehead atoms. The van der Waals surface area contributed by atoms with E-state index < -0.39 is 20.2 Å². The molecule has 162 valence electrons. The van der Waals surface area contributed by atoms with Gasteiger partial charge in [-0.3, -0.25) is 19.3 Å². The maximum absolute atomic E-state index is 13.0. The van der Waals surface area contributed by atoms with E-state index in [1.54, 1.807) is 13.2 Å². The van der Waals surface area contributed by atoms with Gasteiger partial charge in [-0.2, -0.15) is 0 Å². The summed E-state index contributed by atoms with van der Waals surface area (Å²) in [5.74, 6) is -0.0924. The van der Waals surface area contributed by atoms with Crippen molar-refractivity contribution in [3.63, 3.8) is 0 Å². The Hall–Kier alpha value is -2.39. The first kappa shape index (κ1) is 22.3. The Kier molecular flexibility index (Phi) is 5.72. The van der Waals surface area contributed by atoms with Gasteiger partial charge in [-0.1, -0.05) is 20.8 Å². The lowest BCUT2D eigenvalue weighted by Crippen LogP contribution is -2.43. The number of nitrogens with zero attached hydrogens (tertiary/aromatic N) is 1. The van der Waals surface area contributed by atoms with Crippen LogP contribution in [0.3, 0.4) is 0 Å². The van der Waals surface area contributed by atoms with Crippen molar-refractivity contribution in [3.8, 4) is 11.5 Å². The van der Waals surface area contributed by atoms with Gasteiger partial charge in [0, 0.05) is 22.7 Å². The van der Waals surface area contributed by atoms with E-state index in [-0.39, 0.29) is 23.9 Å². The number of benzene rings is 1. The molecule has 30 heavy (non-hydrogen) atoms. The van der Waals surface area contributed by atoms with Gasteiger partial charge in [-0.15, -0.1) is 11.3 Å². The number of carbonyl (C=O) groups excluding carboxylic acids is 3. The summed E-state index contributed by atoms with van der Waals surface area (Å²) in [5.41, 5.74) is 0.368. The Bertz CT molecular complexity index is 1040. The largest absolute Gasteiger partial charge is 0.541 e. The Balaban J connectivity index is 2.03. The minimum absolute atomic E-state index is 0.00326. The minimum atomic E-state index is -2.15. The van der Waals surface area contributed by atoms with Crippen molar-refractivity contribution in [3.05, 3.63) is 22.6 Å². The number of ether oxygens (including phenoxy) is 2. The summed E-state index contributed by atoms with van der Waals surface area (Å²) in [6.45, 7) is 10.7. The number of fused-ring (bicyclic) bond motifs is 3. The van der Waals surface area contributed by atoms with Crippen LogP contribution in [-0.4, -0.2) is 51.8 Å². The van der Waals surface area contributed by atoms with Gasteiger partial charge in [0.2, 0.25) is 0 Å². The monoisotopic (exact) mass is 449 g/mol. The Labute approximate surface area is 181 Å². The highest BCUT2D eigenvalue weighted by Gasteiger charge is 2.41. The molecule has 0 N–H and O–H groups in total. The van der Waals surface area contributed by atoms with Crippen molar-refractivity contribution in [2.24, 2.45) is 0 Å². The molecular weight excluding hydrogens is 422 g/mol. The standard InChI is InChI=1S/C21H27NO6SSi/c1-21(2,3)30(6,7)28-14-10-12-15(11-13(14)26-4)29-18-17(12)19(24)22(20(18)25)9-8-16(23)27-5/h10-11H,8-9H2,1-7H3. The molecule has 0 unspecified atom stereocenters. The average Bonchev–Trinajstić information content (AvgIpc) is 3.13. The highest BCUT2D eigenvalue weighted by Crippen LogP contribution is 2.45. The van der Waals surface area contributed by atoms with E-state index in [0.717, 1.165) is 9.60 Å². The molecule has 9 heteroatoms. The first-order valence-corrected chi connectivity index (χ1v) is 13.4. The molecule has 0 fully saturated rings. The number of methoxy groups -OCH3 is 2. The average molecular weight is 450 g/mol. The third-order valence-electron chi connectivity index (χ3n) is 5.81. The number of thiophene rings is 1. The second kappa shape index (κ2) is 7.70. The van der Waals surface area contributed by atoms with Crippen molar-refractivity contribution in [2.45, 2.75) is 45.3 Å². The number of imide groups is 1. The molecule has 0 saturated heterocycles. The summed E-state index contributed by atoms with van der Waals surface area (Å²) in [6, 6.07) is 3.62. The molecule has 1 aromatic heterocycles. The normalized spacial score (nSPS) is 14.3.